The Morgan fingerprint density at radius 3 is 1.70 bits per heavy atom. The highest BCUT2D eigenvalue weighted by Crippen LogP contribution is 2.43. The van der Waals surface area contributed by atoms with Crippen LogP contribution < -0.4 is 24.8 Å². The Labute approximate surface area is 503 Å². The van der Waals surface area contributed by atoms with Crippen molar-refractivity contribution in [1.82, 2.24) is 4.72 Å². The van der Waals surface area contributed by atoms with Gasteiger partial charge in [-0.25, -0.2) is 17.7 Å². The van der Waals surface area contributed by atoms with E-state index in [1.807, 2.05) is 26.0 Å². The fourth-order valence-corrected chi connectivity index (χ4v) is 12.6. The van der Waals surface area contributed by atoms with Crippen LogP contribution in [0, 0.1) is 0 Å². The zero-order chi connectivity index (χ0) is 61.1. The van der Waals surface area contributed by atoms with E-state index < -0.39 is 82.2 Å². The number of allylic oxidation sites excluding steroid dienone is 4. The topological polar surface area (TPSA) is 221 Å². The van der Waals surface area contributed by atoms with E-state index in [0.29, 0.717) is 45.9 Å². The molecule has 1 aliphatic rings. The molecule has 2 atom stereocenters. The fourth-order valence-electron chi connectivity index (χ4n) is 10.0. The van der Waals surface area contributed by atoms with Crippen molar-refractivity contribution in [3.63, 3.8) is 0 Å². The highest BCUT2D eigenvalue weighted by Gasteiger charge is 2.30. The van der Waals surface area contributed by atoms with Crippen LogP contribution in [0.1, 0.15) is 219 Å². The number of nitrogens with zero attached hydrogens (tertiary/aromatic N) is 1. The molecule has 1 unspecified atom stereocenters. The molecule has 1 heterocycles. The summed E-state index contributed by atoms with van der Waals surface area (Å²) in [5.74, 6) is -0.285. The van der Waals surface area contributed by atoms with Gasteiger partial charge < -0.3 is 24.0 Å². The first-order valence-corrected chi connectivity index (χ1v) is 35.6. The van der Waals surface area contributed by atoms with Crippen LogP contribution in [0.2, 0.25) is 0 Å². The van der Waals surface area contributed by atoms with E-state index in [2.05, 4.69) is 54.4 Å². The minimum absolute atomic E-state index is 0.0107. The second kappa shape index (κ2) is 39.9. The number of nitrogens with one attached hydrogen (secondary N) is 1. The summed E-state index contributed by atoms with van der Waals surface area (Å²) in [6.45, 7) is 11.6. The van der Waals surface area contributed by atoms with Gasteiger partial charge in [-0.15, -0.1) is 0 Å². The summed E-state index contributed by atoms with van der Waals surface area (Å²) in [7, 11) is -14.5. The average Bonchev–Trinajstić information content (AvgIpc) is 1.17. The van der Waals surface area contributed by atoms with Crippen LogP contribution in [0.4, 0.5) is 5.69 Å². The summed E-state index contributed by atoms with van der Waals surface area (Å²) in [5.41, 5.74) is 1.75. The molecule has 0 aliphatic carbocycles. The molecule has 19 heteroatoms. The Morgan fingerprint density at radius 2 is 1.15 bits per heavy atom. The Hall–Kier alpha value is -4.65. The molecule has 0 saturated heterocycles. The number of sulfonamides is 1. The third-order valence-electron chi connectivity index (χ3n) is 14.8. The number of ether oxygens (including phenoxy) is 3. The number of benzene rings is 3. The Bertz CT molecular complexity index is 2910. The zero-order valence-electron chi connectivity index (χ0n) is 50.8. The SMILES string of the molecule is C=c1ccc2c(c1)Oc1cc(N(CC)CC)ccc1C=2c1ccc(S(=O)(=O)NCCOP(=O)(O)OC[C@@H](COC(=O)CCCCCCC/C=C\CCCCCCCC)OC(=O)CCCCCCC/C=C\CCCCCCCC)cc1S(=O)(=O)O. The lowest BCUT2D eigenvalue weighted by atomic mass is 9.92. The number of unbranched alkanes of at least 4 members (excludes halogenated alkanes) is 22. The third kappa shape index (κ3) is 27.4. The van der Waals surface area contributed by atoms with Crippen LogP contribution in [0.15, 0.2) is 88.7 Å². The highest BCUT2D eigenvalue weighted by atomic mass is 32.2. The zero-order valence-corrected chi connectivity index (χ0v) is 53.4. The Balaban J connectivity index is 1.31. The Kier molecular flexibility index (Phi) is 34.1. The molecule has 0 radical (unpaired) electrons. The van der Waals surface area contributed by atoms with Gasteiger partial charge in [0.25, 0.3) is 10.1 Å². The van der Waals surface area contributed by atoms with Gasteiger partial charge in [0.05, 0.1) is 18.1 Å². The van der Waals surface area contributed by atoms with Crippen molar-refractivity contribution < 1.29 is 63.7 Å². The number of esters is 2. The molecule has 0 spiro atoms. The molecule has 0 aromatic heterocycles. The van der Waals surface area contributed by atoms with Crippen molar-refractivity contribution in [2.75, 3.05) is 44.4 Å². The number of anilines is 1. The summed E-state index contributed by atoms with van der Waals surface area (Å²) >= 11 is 0. The standard InChI is InChI=1S/C65H99N2O14PS2/c1-6-10-12-14-16-18-20-22-24-26-28-30-32-34-36-38-63(68)77-51-55(80-64(69)39-37-35-33-31-29-27-25-23-21-19-17-15-13-11-7-2)52-79-82(70,71)78-47-46-66-83(72,73)56-42-45-59(62(50-56)84(74,75)76)65-57-43-40-53(5)48-60(57)81-61-49-54(41-44-58(61)65)67(8-3)9-4/h22-25,40-45,48-50,55,66H,5-21,26-39,46-47,51-52H2,1-4H3,(H,70,71)(H,74,75,76)/b24-22-,25-23-/t55-/m1/s1. The van der Waals surface area contributed by atoms with E-state index in [9.17, 15) is 40.4 Å². The van der Waals surface area contributed by atoms with Gasteiger partial charge in [0.15, 0.2) is 6.10 Å². The quantitative estimate of drug-likeness (QED) is 0.0123. The molecule has 3 aromatic carbocycles. The molecule has 84 heavy (non-hydrogen) atoms. The minimum atomic E-state index is -5.06. The summed E-state index contributed by atoms with van der Waals surface area (Å²) in [5, 5.41) is 1.12. The van der Waals surface area contributed by atoms with Gasteiger partial charge in [-0.05, 0) is 114 Å². The third-order valence-corrected chi connectivity index (χ3v) is 18.1. The number of hydrogen-bond acceptors (Lipinski definition) is 13. The van der Waals surface area contributed by atoms with E-state index >= 15 is 0 Å². The molecular weight excluding hydrogens is 1130 g/mol. The maximum absolute atomic E-state index is 13.6. The molecule has 0 amide bonds. The second-order valence-electron chi connectivity index (χ2n) is 21.8. The van der Waals surface area contributed by atoms with Crippen LogP contribution >= 0.6 is 7.82 Å². The van der Waals surface area contributed by atoms with Crippen molar-refractivity contribution >= 4 is 57.7 Å². The van der Waals surface area contributed by atoms with Gasteiger partial charge >= 0.3 is 19.8 Å². The maximum atomic E-state index is 13.6. The van der Waals surface area contributed by atoms with E-state index in [4.69, 9.17) is 23.3 Å². The monoisotopic (exact) mass is 1230 g/mol. The average molecular weight is 1230 g/mol. The lowest BCUT2D eigenvalue weighted by Gasteiger charge is -2.26. The van der Waals surface area contributed by atoms with Crippen LogP contribution in [0.3, 0.4) is 0 Å². The van der Waals surface area contributed by atoms with Crippen molar-refractivity contribution in [3.8, 4) is 11.5 Å². The van der Waals surface area contributed by atoms with Gasteiger partial charge in [0, 0.05) is 66.1 Å². The summed E-state index contributed by atoms with van der Waals surface area (Å²) in [6, 6.07) is 13.9. The molecule has 16 nitrogen and oxygen atoms in total. The number of rotatable bonds is 47. The van der Waals surface area contributed by atoms with E-state index in [-0.39, 0.29) is 18.4 Å². The van der Waals surface area contributed by atoms with E-state index in [1.165, 1.54) is 89.2 Å². The predicted molar refractivity (Wildman–Crippen MR) is 336 cm³/mol. The van der Waals surface area contributed by atoms with Crippen molar-refractivity contribution in [1.29, 1.82) is 0 Å². The van der Waals surface area contributed by atoms with Gasteiger partial charge in [-0.1, -0.05) is 166 Å². The number of carbonyl (C=O) groups is 2. The Morgan fingerprint density at radius 1 is 0.631 bits per heavy atom. The first-order chi connectivity index (χ1) is 40.4. The lowest BCUT2D eigenvalue weighted by Crippen LogP contribution is -2.30. The number of carbonyl (C=O) groups excluding carboxylic acids is 2. The molecule has 4 rings (SSSR count). The molecular formula is C65H99N2O14PS2. The van der Waals surface area contributed by atoms with Crippen LogP contribution in [-0.4, -0.2) is 83.8 Å². The number of phosphoric acid groups is 1. The second-order valence-corrected chi connectivity index (χ2v) is 26.4. The van der Waals surface area contributed by atoms with Crippen molar-refractivity contribution in [2.24, 2.45) is 0 Å². The summed E-state index contributed by atoms with van der Waals surface area (Å²) in [6.07, 6.45) is 36.9. The van der Waals surface area contributed by atoms with Crippen molar-refractivity contribution in [2.45, 2.75) is 223 Å². The highest BCUT2D eigenvalue weighted by molar-refractivity contribution is 7.89. The molecule has 0 fully saturated rings. The largest absolute Gasteiger partial charge is 0.472 e. The van der Waals surface area contributed by atoms with Gasteiger partial charge in [0.1, 0.15) is 23.0 Å². The van der Waals surface area contributed by atoms with Gasteiger partial charge in [-0.3, -0.25) is 23.2 Å². The maximum Gasteiger partial charge on any atom is 0.472 e. The molecule has 1 aliphatic heterocycles. The smallest absolute Gasteiger partial charge is 0.462 e. The minimum Gasteiger partial charge on any atom is -0.462 e. The molecule has 3 N–H and O–H groups in total. The number of hydrogen-bond donors (Lipinski definition) is 3. The van der Waals surface area contributed by atoms with Crippen LogP contribution in [0.5, 0.6) is 11.5 Å². The van der Waals surface area contributed by atoms with Crippen LogP contribution in [0.25, 0.3) is 12.2 Å². The number of fused-ring (bicyclic) bond motifs is 2. The summed E-state index contributed by atoms with van der Waals surface area (Å²) in [4.78, 5) is 37.4. The van der Waals surface area contributed by atoms with E-state index in [1.54, 1.807) is 24.3 Å². The first-order valence-electron chi connectivity index (χ1n) is 31.2. The molecule has 470 valence electrons. The molecule has 0 bridgehead atoms. The normalized spacial score (nSPS) is 13.6. The lowest BCUT2D eigenvalue weighted by molar-refractivity contribution is -0.161. The number of phosphoric ester groups is 1. The van der Waals surface area contributed by atoms with E-state index in [0.717, 1.165) is 102 Å². The predicted octanol–water partition coefficient (Wildman–Crippen LogP) is 14.5. The van der Waals surface area contributed by atoms with Crippen LogP contribution in [-0.2, 0) is 52.8 Å². The van der Waals surface area contributed by atoms with Gasteiger partial charge in [-0.2, -0.15) is 8.42 Å². The first kappa shape index (κ1) is 71.8. The summed E-state index contributed by atoms with van der Waals surface area (Å²) < 4.78 is 107. The van der Waals surface area contributed by atoms with Gasteiger partial charge in [0.2, 0.25) is 10.0 Å². The molecule has 3 aromatic rings. The van der Waals surface area contributed by atoms with Crippen molar-refractivity contribution in [3.05, 3.63) is 100 Å². The fraction of sp³-hybridized carbons (Fsp3) is 0.600. The molecule has 0 saturated carbocycles.